The molecule has 0 aliphatic rings. The number of carbonyl (C=O) groups is 1. The summed E-state index contributed by atoms with van der Waals surface area (Å²) in [7, 11) is 3.14. The van der Waals surface area contributed by atoms with Crippen molar-refractivity contribution in [2.75, 3.05) is 14.2 Å². The molecule has 1 heterocycles. The van der Waals surface area contributed by atoms with Crippen LogP contribution < -0.4 is 14.8 Å². The first-order chi connectivity index (χ1) is 13.0. The molecular formula is C20H19FN2O3S. The number of hydrogen-bond acceptors (Lipinski definition) is 5. The van der Waals surface area contributed by atoms with Crippen molar-refractivity contribution in [2.45, 2.75) is 13.5 Å². The summed E-state index contributed by atoms with van der Waals surface area (Å²) in [6.45, 7) is 1.90. The van der Waals surface area contributed by atoms with Gasteiger partial charge in [-0.3, -0.25) is 4.79 Å². The SMILES string of the molecule is COc1ccc(-c2nc(C)c(C(=O)NCc3ccccc3F)s2)cc1OC. The molecule has 0 bridgehead atoms. The van der Waals surface area contributed by atoms with Gasteiger partial charge in [0.25, 0.3) is 5.91 Å². The summed E-state index contributed by atoms with van der Waals surface area (Å²) in [6.07, 6.45) is 0. The van der Waals surface area contributed by atoms with Crippen molar-refractivity contribution in [1.29, 1.82) is 0 Å². The molecule has 0 unspecified atom stereocenters. The highest BCUT2D eigenvalue weighted by atomic mass is 32.1. The second kappa shape index (κ2) is 8.18. The van der Waals surface area contributed by atoms with Gasteiger partial charge in [0.2, 0.25) is 0 Å². The summed E-state index contributed by atoms with van der Waals surface area (Å²) in [5.41, 5.74) is 1.89. The third-order valence-corrected chi connectivity index (χ3v) is 5.24. The van der Waals surface area contributed by atoms with Crippen LogP contribution in [0, 0.1) is 12.7 Å². The molecule has 27 heavy (non-hydrogen) atoms. The first kappa shape index (κ1) is 18.8. The number of hydrogen-bond donors (Lipinski definition) is 1. The second-order valence-corrected chi connectivity index (χ2v) is 6.78. The van der Waals surface area contributed by atoms with Crippen LogP contribution in [0.5, 0.6) is 11.5 Å². The van der Waals surface area contributed by atoms with Crippen LogP contribution in [0.3, 0.4) is 0 Å². The van der Waals surface area contributed by atoms with Crippen LogP contribution in [-0.2, 0) is 6.54 Å². The molecule has 2 aromatic carbocycles. The molecule has 3 rings (SSSR count). The van der Waals surface area contributed by atoms with E-state index in [1.54, 1.807) is 45.4 Å². The molecule has 0 fully saturated rings. The summed E-state index contributed by atoms with van der Waals surface area (Å²) >= 11 is 1.28. The number of halogens is 1. The van der Waals surface area contributed by atoms with Crippen LogP contribution in [-0.4, -0.2) is 25.1 Å². The van der Waals surface area contributed by atoms with Crippen LogP contribution in [0.25, 0.3) is 10.6 Å². The largest absolute Gasteiger partial charge is 0.493 e. The van der Waals surface area contributed by atoms with Crippen LogP contribution in [0.15, 0.2) is 42.5 Å². The number of amides is 1. The highest BCUT2D eigenvalue weighted by Gasteiger charge is 2.17. The first-order valence-corrected chi connectivity index (χ1v) is 9.06. The molecule has 5 nitrogen and oxygen atoms in total. The van der Waals surface area contributed by atoms with Crippen molar-refractivity contribution in [3.8, 4) is 22.1 Å². The summed E-state index contributed by atoms with van der Waals surface area (Å²) in [5.74, 6) is 0.593. The average molecular weight is 386 g/mol. The topological polar surface area (TPSA) is 60.5 Å². The minimum atomic E-state index is -0.343. The third-order valence-electron chi connectivity index (χ3n) is 4.03. The second-order valence-electron chi connectivity index (χ2n) is 5.78. The fourth-order valence-electron chi connectivity index (χ4n) is 2.60. The summed E-state index contributed by atoms with van der Waals surface area (Å²) in [4.78, 5) is 17.5. The number of nitrogens with one attached hydrogen (secondary N) is 1. The number of rotatable bonds is 6. The lowest BCUT2D eigenvalue weighted by atomic mass is 10.2. The minimum Gasteiger partial charge on any atom is -0.493 e. The standard InChI is InChI=1S/C20H19FN2O3S/c1-12-18(19(24)22-11-14-6-4-5-7-15(14)21)27-20(23-12)13-8-9-16(25-2)17(10-13)26-3/h4-10H,11H2,1-3H3,(H,22,24). The zero-order valence-electron chi connectivity index (χ0n) is 15.2. The molecule has 0 spiro atoms. The molecule has 1 aromatic heterocycles. The van der Waals surface area contributed by atoms with E-state index in [-0.39, 0.29) is 18.3 Å². The van der Waals surface area contributed by atoms with Crippen molar-refractivity contribution >= 4 is 17.2 Å². The molecule has 1 amide bonds. The van der Waals surface area contributed by atoms with Crippen LogP contribution in [0.2, 0.25) is 0 Å². The number of benzene rings is 2. The third kappa shape index (κ3) is 4.09. The zero-order chi connectivity index (χ0) is 19.4. The Hall–Kier alpha value is -2.93. The van der Waals surface area contributed by atoms with Crippen molar-refractivity contribution in [3.05, 3.63) is 64.4 Å². The Labute approximate surface area is 160 Å². The molecule has 3 aromatic rings. The predicted octanol–water partition coefficient (Wildman–Crippen LogP) is 4.20. The maximum atomic E-state index is 13.7. The Morgan fingerprint density at radius 1 is 1.15 bits per heavy atom. The van der Waals surface area contributed by atoms with Crippen LogP contribution in [0.1, 0.15) is 20.9 Å². The molecule has 0 atom stereocenters. The summed E-state index contributed by atoms with van der Waals surface area (Å²) < 4.78 is 24.3. The van der Waals surface area contributed by atoms with E-state index in [1.807, 2.05) is 12.1 Å². The average Bonchev–Trinajstić information content (AvgIpc) is 3.08. The monoisotopic (exact) mass is 386 g/mol. The lowest BCUT2D eigenvalue weighted by Crippen LogP contribution is -2.23. The molecule has 0 aliphatic carbocycles. The van der Waals surface area contributed by atoms with Gasteiger partial charge in [0.1, 0.15) is 15.7 Å². The van der Waals surface area contributed by atoms with Gasteiger partial charge in [-0.2, -0.15) is 0 Å². The fraction of sp³-hybridized carbons (Fsp3) is 0.200. The number of nitrogens with zero attached hydrogens (tertiary/aromatic N) is 1. The smallest absolute Gasteiger partial charge is 0.263 e. The number of thiazole rings is 1. The maximum Gasteiger partial charge on any atom is 0.263 e. The number of carbonyl (C=O) groups excluding carboxylic acids is 1. The molecule has 7 heteroatoms. The normalized spacial score (nSPS) is 10.5. The Balaban J connectivity index is 1.80. The van der Waals surface area contributed by atoms with Gasteiger partial charge in [-0.25, -0.2) is 9.37 Å². The van der Waals surface area contributed by atoms with E-state index >= 15 is 0 Å². The van der Waals surface area contributed by atoms with E-state index in [1.165, 1.54) is 17.4 Å². The highest BCUT2D eigenvalue weighted by Crippen LogP contribution is 2.35. The lowest BCUT2D eigenvalue weighted by molar-refractivity contribution is 0.0954. The molecule has 140 valence electrons. The Morgan fingerprint density at radius 3 is 2.59 bits per heavy atom. The van der Waals surface area contributed by atoms with E-state index in [0.29, 0.717) is 32.6 Å². The van der Waals surface area contributed by atoms with Gasteiger partial charge in [0, 0.05) is 17.7 Å². The summed E-state index contributed by atoms with van der Waals surface area (Å²) in [6, 6.07) is 11.8. The van der Waals surface area contributed by atoms with E-state index < -0.39 is 0 Å². The fourth-order valence-corrected chi connectivity index (χ4v) is 3.58. The van der Waals surface area contributed by atoms with Crippen LogP contribution >= 0.6 is 11.3 Å². The number of methoxy groups -OCH3 is 2. The number of ether oxygens (including phenoxy) is 2. The van der Waals surface area contributed by atoms with E-state index in [2.05, 4.69) is 10.3 Å². The van der Waals surface area contributed by atoms with Crippen molar-refractivity contribution in [2.24, 2.45) is 0 Å². The van der Waals surface area contributed by atoms with Gasteiger partial charge < -0.3 is 14.8 Å². The number of aromatic nitrogens is 1. The van der Waals surface area contributed by atoms with Gasteiger partial charge in [0.15, 0.2) is 11.5 Å². The Kier molecular flexibility index (Phi) is 5.71. The van der Waals surface area contributed by atoms with Crippen LogP contribution in [0.4, 0.5) is 4.39 Å². The lowest BCUT2D eigenvalue weighted by Gasteiger charge is -2.08. The van der Waals surface area contributed by atoms with Gasteiger partial charge in [-0.15, -0.1) is 11.3 Å². The predicted molar refractivity (Wildman–Crippen MR) is 103 cm³/mol. The van der Waals surface area contributed by atoms with Crippen molar-refractivity contribution in [3.63, 3.8) is 0 Å². The molecule has 0 radical (unpaired) electrons. The van der Waals surface area contributed by atoms with Gasteiger partial charge in [-0.1, -0.05) is 18.2 Å². The molecule has 1 N–H and O–H groups in total. The van der Waals surface area contributed by atoms with Gasteiger partial charge in [0.05, 0.1) is 19.9 Å². The molecular weight excluding hydrogens is 367 g/mol. The van der Waals surface area contributed by atoms with Gasteiger partial charge in [-0.05, 0) is 31.2 Å². The Bertz CT molecular complexity index is 972. The minimum absolute atomic E-state index is 0.120. The quantitative estimate of drug-likeness (QED) is 0.690. The Morgan fingerprint density at radius 2 is 1.89 bits per heavy atom. The maximum absolute atomic E-state index is 13.7. The zero-order valence-corrected chi connectivity index (χ0v) is 16.0. The molecule has 0 saturated heterocycles. The van der Waals surface area contributed by atoms with E-state index in [4.69, 9.17) is 9.47 Å². The molecule has 0 aliphatic heterocycles. The van der Waals surface area contributed by atoms with Gasteiger partial charge >= 0.3 is 0 Å². The van der Waals surface area contributed by atoms with E-state index in [9.17, 15) is 9.18 Å². The van der Waals surface area contributed by atoms with Crippen molar-refractivity contribution < 1.29 is 18.7 Å². The van der Waals surface area contributed by atoms with E-state index in [0.717, 1.165) is 5.56 Å². The first-order valence-electron chi connectivity index (χ1n) is 8.25. The van der Waals surface area contributed by atoms with Crippen molar-refractivity contribution in [1.82, 2.24) is 10.3 Å². The summed E-state index contributed by atoms with van der Waals surface area (Å²) in [5, 5.41) is 3.45. The highest BCUT2D eigenvalue weighted by molar-refractivity contribution is 7.17. The number of aryl methyl sites for hydroxylation is 1. The molecule has 0 saturated carbocycles.